The van der Waals surface area contributed by atoms with Gasteiger partial charge >= 0.3 is 0 Å². The molecule has 0 radical (unpaired) electrons. The molecule has 1 aromatic carbocycles. The summed E-state index contributed by atoms with van der Waals surface area (Å²) in [6.07, 6.45) is -0.672. The monoisotopic (exact) mass is 257 g/mol. The smallest absolute Gasteiger partial charge is 0.240 e. The fourth-order valence-electron chi connectivity index (χ4n) is 1.37. The lowest BCUT2D eigenvalue weighted by Gasteiger charge is -2.15. The summed E-state index contributed by atoms with van der Waals surface area (Å²) < 4.78 is 26.3. The first kappa shape index (κ1) is 14.2. The maximum absolute atomic E-state index is 12.0. The molecule has 5 heteroatoms. The lowest BCUT2D eigenvalue weighted by molar-refractivity contribution is 0.129. The van der Waals surface area contributed by atoms with Gasteiger partial charge in [-0.2, -0.15) is 0 Å². The Kier molecular flexibility index (Phi) is 4.68. The molecular weight excluding hydrogens is 238 g/mol. The highest BCUT2D eigenvalue weighted by Crippen LogP contribution is 2.13. The van der Waals surface area contributed by atoms with Crippen LogP contribution in [0.15, 0.2) is 29.2 Å². The highest BCUT2D eigenvalue weighted by Gasteiger charge is 2.18. The summed E-state index contributed by atoms with van der Waals surface area (Å²) in [6, 6.07) is 6.77. The topological polar surface area (TPSA) is 66.4 Å². The maximum atomic E-state index is 12.0. The highest BCUT2D eigenvalue weighted by molar-refractivity contribution is 7.89. The number of sulfonamides is 1. The number of hydrogen-bond donors (Lipinski definition) is 2. The van der Waals surface area contributed by atoms with Gasteiger partial charge in [-0.25, -0.2) is 13.1 Å². The lowest BCUT2D eigenvalue weighted by Crippen LogP contribution is -2.34. The molecule has 0 spiro atoms. The van der Waals surface area contributed by atoms with Crippen LogP contribution >= 0.6 is 0 Å². The van der Waals surface area contributed by atoms with Gasteiger partial charge in [0.25, 0.3) is 0 Å². The lowest BCUT2D eigenvalue weighted by atomic mass is 10.1. The summed E-state index contributed by atoms with van der Waals surface area (Å²) in [5.41, 5.74) is 0.694. The minimum Gasteiger partial charge on any atom is -0.391 e. The SMILES string of the molecule is Cc1ccccc1S(=O)(=O)NCC(O)C(C)C. The van der Waals surface area contributed by atoms with Crippen molar-refractivity contribution in [2.24, 2.45) is 5.92 Å². The van der Waals surface area contributed by atoms with Gasteiger partial charge in [0.1, 0.15) is 0 Å². The first-order chi connectivity index (χ1) is 7.84. The predicted octanol–water partition coefficient (Wildman–Crippen LogP) is 1.29. The quantitative estimate of drug-likeness (QED) is 0.835. The van der Waals surface area contributed by atoms with Crippen LogP contribution in [-0.2, 0) is 10.0 Å². The van der Waals surface area contributed by atoms with Crippen molar-refractivity contribution in [1.82, 2.24) is 4.72 Å². The van der Waals surface area contributed by atoms with Gasteiger partial charge in [-0.1, -0.05) is 32.0 Å². The number of benzene rings is 1. The Morgan fingerprint density at radius 3 is 2.41 bits per heavy atom. The van der Waals surface area contributed by atoms with Gasteiger partial charge < -0.3 is 5.11 Å². The van der Waals surface area contributed by atoms with Crippen LogP contribution in [0.1, 0.15) is 19.4 Å². The van der Waals surface area contributed by atoms with Crippen LogP contribution in [0.25, 0.3) is 0 Å². The molecule has 96 valence electrons. The summed E-state index contributed by atoms with van der Waals surface area (Å²) in [5.74, 6) is 0.0228. The molecule has 2 N–H and O–H groups in total. The Balaban J connectivity index is 2.80. The fraction of sp³-hybridized carbons (Fsp3) is 0.500. The summed E-state index contributed by atoms with van der Waals surface area (Å²) in [6.45, 7) is 5.46. The number of aryl methyl sites for hydroxylation is 1. The summed E-state index contributed by atoms with van der Waals surface area (Å²) in [5, 5.41) is 9.58. The normalized spacial score (nSPS) is 13.9. The third-order valence-electron chi connectivity index (χ3n) is 2.64. The van der Waals surface area contributed by atoms with E-state index in [4.69, 9.17) is 0 Å². The molecule has 0 amide bonds. The largest absolute Gasteiger partial charge is 0.391 e. The van der Waals surface area contributed by atoms with Crippen molar-refractivity contribution in [3.8, 4) is 0 Å². The van der Waals surface area contributed by atoms with Crippen molar-refractivity contribution in [3.05, 3.63) is 29.8 Å². The van der Waals surface area contributed by atoms with Crippen LogP contribution < -0.4 is 4.72 Å². The average Bonchev–Trinajstić information content (AvgIpc) is 2.26. The van der Waals surface area contributed by atoms with Crippen molar-refractivity contribution >= 4 is 10.0 Å². The Morgan fingerprint density at radius 1 is 1.29 bits per heavy atom. The van der Waals surface area contributed by atoms with E-state index in [0.29, 0.717) is 5.56 Å². The van der Waals surface area contributed by atoms with E-state index in [1.165, 1.54) is 0 Å². The highest BCUT2D eigenvalue weighted by atomic mass is 32.2. The molecule has 0 aliphatic carbocycles. The molecule has 0 aliphatic heterocycles. The standard InChI is InChI=1S/C12H19NO3S/c1-9(2)11(14)8-13-17(15,16)12-7-5-4-6-10(12)3/h4-7,9,11,13-14H,8H2,1-3H3. The van der Waals surface area contributed by atoms with Gasteiger partial charge in [-0.15, -0.1) is 0 Å². The van der Waals surface area contributed by atoms with Crippen LogP contribution in [0.3, 0.4) is 0 Å². The molecule has 0 heterocycles. The zero-order valence-corrected chi connectivity index (χ0v) is 11.2. The first-order valence-electron chi connectivity index (χ1n) is 5.58. The van der Waals surface area contributed by atoms with E-state index in [-0.39, 0.29) is 17.4 Å². The minimum absolute atomic E-state index is 0.0228. The van der Waals surface area contributed by atoms with E-state index in [2.05, 4.69) is 4.72 Å². The zero-order chi connectivity index (χ0) is 13.1. The molecule has 0 aliphatic rings. The molecular formula is C12H19NO3S. The Labute approximate surface area is 103 Å². The van der Waals surface area contributed by atoms with E-state index in [1.54, 1.807) is 31.2 Å². The first-order valence-corrected chi connectivity index (χ1v) is 7.06. The molecule has 1 aromatic rings. The maximum Gasteiger partial charge on any atom is 0.240 e. The van der Waals surface area contributed by atoms with Crippen molar-refractivity contribution in [2.75, 3.05) is 6.54 Å². The third-order valence-corrected chi connectivity index (χ3v) is 4.22. The number of aliphatic hydroxyl groups is 1. The van der Waals surface area contributed by atoms with Crippen LogP contribution in [0.4, 0.5) is 0 Å². The molecule has 1 atom stereocenters. The number of nitrogens with one attached hydrogen (secondary N) is 1. The van der Waals surface area contributed by atoms with Gasteiger partial charge in [0, 0.05) is 6.54 Å². The van der Waals surface area contributed by atoms with E-state index in [9.17, 15) is 13.5 Å². The Hall–Kier alpha value is -0.910. The average molecular weight is 257 g/mol. The molecule has 1 rings (SSSR count). The van der Waals surface area contributed by atoms with Gasteiger partial charge in [0.05, 0.1) is 11.0 Å². The van der Waals surface area contributed by atoms with E-state index in [0.717, 1.165) is 0 Å². The van der Waals surface area contributed by atoms with Crippen molar-refractivity contribution in [2.45, 2.75) is 31.8 Å². The second-order valence-electron chi connectivity index (χ2n) is 4.43. The zero-order valence-electron chi connectivity index (χ0n) is 10.3. The summed E-state index contributed by atoms with van der Waals surface area (Å²) in [7, 11) is -3.53. The summed E-state index contributed by atoms with van der Waals surface area (Å²) >= 11 is 0. The second-order valence-corrected chi connectivity index (χ2v) is 6.16. The second kappa shape index (κ2) is 5.62. The molecule has 0 aromatic heterocycles. The summed E-state index contributed by atoms with van der Waals surface area (Å²) in [4.78, 5) is 0.260. The van der Waals surface area contributed by atoms with Crippen molar-refractivity contribution < 1.29 is 13.5 Å². The molecule has 17 heavy (non-hydrogen) atoms. The van der Waals surface area contributed by atoms with Crippen LogP contribution in [0.2, 0.25) is 0 Å². The van der Waals surface area contributed by atoms with E-state index in [1.807, 2.05) is 13.8 Å². The third kappa shape index (κ3) is 3.80. The molecule has 0 saturated heterocycles. The van der Waals surface area contributed by atoms with Gasteiger partial charge in [-0.3, -0.25) is 0 Å². The van der Waals surface area contributed by atoms with Crippen LogP contribution in [0.5, 0.6) is 0 Å². The van der Waals surface area contributed by atoms with Gasteiger partial charge in [-0.05, 0) is 24.5 Å². The molecule has 0 saturated carbocycles. The van der Waals surface area contributed by atoms with Crippen molar-refractivity contribution in [3.63, 3.8) is 0 Å². The molecule has 1 unspecified atom stereocenters. The Bertz CT molecular complexity index is 468. The number of hydrogen-bond acceptors (Lipinski definition) is 3. The molecule has 0 bridgehead atoms. The number of rotatable bonds is 5. The Morgan fingerprint density at radius 2 is 1.88 bits per heavy atom. The number of aliphatic hydroxyl groups excluding tert-OH is 1. The van der Waals surface area contributed by atoms with Crippen LogP contribution in [-0.4, -0.2) is 26.2 Å². The van der Waals surface area contributed by atoms with E-state index < -0.39 is 16.1 Å². The van der Waals surface area contributed by atoms with E-state index >= 15 is 0 Å². The fourth-order valence-corrected chi connectivity index (χ4v) is 2.66. The van der Waals surface area contributed by atoms with Crippen molar-refractivity contribution in [1.29, 1.82) is 0 Å². The van der Waals surface area contributed by atoms with Gasteiger partial charge in [0.2, 0.25) is 10.0 Å². The molecule has 4 nitrogen and oxygen atoms in total. The molecule has 0 fully saturated rings. The minimum atomic E-state index is -3.53. The van der Waals surface area contributed by atoms with Crippen LogP contribution in [0, 0.1) is 12.8 Å². The van der Waals surface area contributed by atoms with Gasteiger partial charge in [0.15, 0.2) is 0 Å². The predicted molar refractivity (Wildman–Crippen MR) is 67.2 cm³/mol.